The van der Waals surface area contributed by atoms with Gasteiger partial charge in [0.05, 0.1) is 0 Å². The predicted molar refractivity (Wildman–Crippen MR) is 74.9 cm³/mol. The van der Waals surface area contributed by atoms with E-state index in [2.05, 4.69) is 4.98 Å². The third-order valence-electron chi connectivity index (χ3n) is 3.52. The molecule has 0 aromatic carbocycles. The van der Waals surface area contributed by atoms with Gasteiger partial charge in [-0.3, -0.25) is 14.6 Å². The molecule has 2 amide bonds. The number of nitrogens with zero attached hydrogens (tertiary/aromatic N) is 3. The van der Waals surface area contributed by atoms with Gasteiger partial charge in [0, 0.05) is 33.4 Å². The second-order valence-corrected chi connectivity index (χ2v) is 5.15. The van der Waals surface area contributed by atoms with Crippen LogP contribution in [0.25, 0.3) is 0 Å². The lowest BCUT2D eigenvalue weighted by Crippen LogP contribution is -2.45. The van der Waals surface area contributed by atoms with E-state index in [0.29, 0.717) is 25.2 Å². The molecule has 1 fully saturated rings. The number of carbonyl (C=O) groups excluding carboxylic acids is 2. The van der Waals surface area contributed by atoms with Crippen LogP contribution in [0.5, 0.6) is 0 Å². The SMILES string of the molecule is CN(C)C(=O)C1CCCN1C(=O)c1ccc(CN)cn1. The molecule has 0 aliphatic carbocycles. The van der Waals surface area contributed by atoms with Crippen molar-refractivity contribution in [2.75, 3.05) is 20.6 Å². The van der Waals surface area contributed by atoms with Crippen molar-refractivity contribution in [3.63, 3.8) is 0 Å². The topological polar surface area (TPSA) is 79.5 Å². The van der Waals surface area contributed by atoms with Gasteiger partial charge in [-0.2, -0.15) is 0 Å². The van der Waals surface area contributed by atoms with Crippen molar-refractivity contribution in [3.8, 4) is 0 Å². The van der Waals surface area contributed by atoms with Gasteiger partial charge in [-0.05, 0) is 24.5 Å². The van der Waals surface area contributed by atoms with Gasteiger partial charge in [0.1, 0.15) is 11.7 Å². The van der Waals surface area contributed by atoms with E-state index in [1.165, 1.54) is 4.90 Å². The highest BCUT2D eigenvalue weighted by Gasteiger charge is 2.35. The maximum Gasteiger partial charge on any atom is 0.273 e. The standard InChI is InChI=1S/C14H20N4O2/c1-17(2)14(20)12-4-3-7-18(12)13(19)11-6-5-10(8-15)9-16-11/h5-6,9,12H,3-4,7-8,15H2,1-2H3. The Morgan fingerprint density at radius 3 is 2.75 bits per heavy atom. The zero-order valence-corrected chi connectivity index (χ0v) is 11.9. The van der Waals surface area contributed by atoms with Crippen LogP contribution in [0.1, 0.15) is 28.9 Å². The fraction of sp³-hybridized carbons (Fsp3) is 0.500. The second kappa shape index (κ2) is 6.00. The van der Waals surface area contributed by atoms with E-state index >= 15 is 0 Å². The molecule has 1 aromatic rings. The van der Waals surface area contributed by atoms with Crippen LogP contribution in [0, 0.1) is 0 Å². The molecular formula is C14H20N4O2. The van der Waals surface area contributed by atoms with Gasteiger partial charge < -0.3 is 15.5 Å². The Morgan fingerprint density at radius 2 is 2.20 bits per heavy atom. The number of likely N-dealkylation sites (tertiary alicyclic amines) is 1. The average molecular weight is 276 g/mol. The molecule has 2 heterocycles. The number of aromatic nitrogens is 1. The Morgan fingerprint density at radius 1 is 1.45 bits per heavy atom. The van der Waals surface area contributed by atoms with Crippen LogP contribution in [-0.2, 0) is 11.3 Å². The molecule has 20 heavy (non-hydrogen) atoms. The summed E-state index contributed by atoms with van der Waals surface area (Å²) in [4.78, 5) is 31.8. The van der Waals surface area contributed by atoms with Crippen molar-refractivity contribution in [1.82, 2.24) is 14.8 Å². The van der Waals surface area contributed by atoms with Gasteiger partial charge in [-0.25, -0.2) is 0 Å². The molecule has 1 atom stereocenters. The highest BCUT2D eigenvalue weighted by atomic mass is 16.2. The molecule has 0 bridgehead atoms. The molecule has 2 N–H and O–H groups in total. The predicted octanol–water partition coefficient (Wildman–Crippen LogP) is 0.233. The monoisotopic (exact) mass is 276 g/mol. The Bertz CT molecular complexity index is 498. The van der Waals surface area contributed by atoms with Gasteiger partial charge in [0.25, 0.3) is 5.91 Å². The van der Waals surface area contributed by atoms with Crippen LogP contribution in [0.3, 0.4) is 0 Å². The number of nitrogens with two attached hydrogens (primary N) is 1. The van der Waals surface area contributed by atoms with Crippen LogP contribution >= 0.6 is 0 Å². The second-order valence-electron chi connectivity index (χ2n) is 5.15. The zero-order valence-electron chi connectivity index (χ0n) is 11.9. The molecule has 6 heteroatoms. The lowest BCUT2D eigenvalue weighted by molar-refractivity contribution is -0.132. The summed E-state index contributed by atoms with van der Waals surface area (Å²) in [7, 11) is 3.41. The number of hydrogen-bond acceptors (Lipinski definition) is 4. The summed E-state index contributed by atoms with van der Waals surface area (Å²) in [5.41, 5.74) is 6.75. The molecular weight excluding hydrogens is 256 g/mol. The van der Waals surface area contributed by atoms with Crippen molar-refractivity contribution < 1.29 is 9.59 Å². The smallest absolute Gasteiger partial charge is 0.273 e. The molecule has 2 rings (SSSR count). The van der Waals surface area contributed by atoms with E-state index in [1.54, 1.807) is 37.3 Å². The fourth-order valence-corrected chi connectivity index (χ4v) is 2.38. The van der Waals surface area contributed by atoms with Gasteiger partial charge in [0.2, 0.25) is 5.91 Å². The van der Waals surface area contributed by atoms with E-state index in [1.807, 2.05) is 0 Å². The van der Waals surface area contributed by atoms with E-state index < -0.39 is 0 Å². The van der Waals surface area contributed by atoms with Crippen LogP contribution in [0.4, 0.5) is 0 Å². The van der Waals surface area contributed by atoms with E-state index in [4.69, 9.17) is 5.73 Å². The first-order chi connectivity index (χ1) is 9.54. The number of rotatable bonds is 3. The summed E-state index contributed by atoms with van der Waals surface area (Å²) in [6, 6.07) is 3.09. The first kappa shape index (κ1) is 14.5. The zero-order chi connectivity index (χ0) is 14.7. The normalized spacial score (nSPS) is 18.1. The van der Waals surface area contributed by atoms with Crippen LogP contribution in [0.15, 0.2) is 18.3 Å². The molecule has 1 aliphatic heterocycles. The Hall–Kier alpha value is -1.95. The summed E-state index contributed by atoms with van der Waals surface area (Å²) in [5, 5.41) is 0. The molecule has 0 spiro atoms. The van der Waals surface area contributed by atoms with Crippen molar-refractivity contribution >= 4 is 11.8 Å². The average Bonchev–Trinajstić information content (AvgIpc) is 2.94. The fourth-order valence-electron chi connectivity index (χ4n) is 2.38. The van der Waals surface area contributed by atoms with Crippen molar-refractivity contribution in [3.05, 3.63) is 29.6 Å². The lowest BCUT2D eigenvalue weighted by Gasteiger charge is -2.25. The van der Waals surface area contributed by atoms with Gasteiger partial charge >= 0.3 is 0 Å². The van der Waals surface area contributed by atoms with Crippen molar-refractivity contribution in [2.45, 2.75) is 25.4 Å². The number of hydrogen-bond donors (Lipinski definition) is 1. The van der Waals surface area contributed by atoms with E-state index in [-0.39, 0.29) is 17.9 Å². The highest BCUT2D eigenvalue weighted by molar-refractivity contribution is 5.96. The third-order valence-corrected chi connectivity index (χ3v) is 3.52. The minimum Gasteiger partial charge on any atom is -0.347 e. The number of carbonyl (C=O) groups is 2. The molecule has 1 saturated heterocycles. The van der Waals surface area contributed by atoms with Crippen LogP contribution in [0.2, 0.25) is 0 Å². The number of pyridine rings is 1. The summed E-state index contributed by atoms with van der Waals surface area (Å²) < 4.78 is 0. The summed E-state index contributed by atoms with van der Waals surface area (Å²) in [5.74, 6) is -0.222. The lowest BCUT2D eigenvalue weighted by atomic mass is 10.2. The van der Waals surface area contributed by atoms with Gasteiger partial charge in [-0.15, -0.1) is 0 Å². The minimum atomic E-state index is -0.367. The Balaban J connectivity index is 2.16. The number of likely N-dealkylation sites (N-methyl/N-ethyl adjacent to an activating group) is 1. The molecule has 0 radical (unpaired) electrons. The third kappa shape index (κ3) is 2.80. The molecule has 108 valence electrons. The Labute approximate surface area is 118 Å². The van der Waals surface area contributed by atoms with Gasteiger partial charge in [0.15, 0.2) is 0 Å². The first-order valence-electron chi connectivity index (χ1n) is 6.71. The first-order valence-corrected chi connectivity index (χ1v) is 6.71. The highest BCUT2D eigenvalue weighted by Crippen LogP contribution is 2.21. The molecule has 1 aromatic heterocycles. The number of amides is 2. The largest absolute Gasteiger partial charge is 0.347 e. The van der Waals surface area contributed by atoms with E-state index in [9.17, 15) is 9.59 Å². The quantitative estimate of drug-likeness (QED) is 0.857. The van der Waals surface area contributed by atoms with Crippen molar-refractivity contribution in [2.24, 2.45) is 5.73 Å². The maximum atomic E-state index is 12.4. The van der Waals surface area contributed by atoms with Crippen LogP contribution in [-0.4, -0.2) is 53.3 Å². The molecule has 0 saturated carbocycles. The Kier molecular flexibility index (Phi) is 4.34. The van der Waals surface area contributed by atoms with Crippen molar-refractivity contribution in [1.29, 1.82) is 0 Å². The van der Waals surface area contributed by atoms with E-state index in [0.717, 1.165) is 12.0 Å². The molecule has 6 nitrogen and oxygen atoms in total. The maximum absolute atomic E-state index is 12.4. The molecule has 1 unspecified atom stereocenters. The summed E-state index contributed by atoms with van der Waals surface area (Å²) in [6.45, 7) is 0.996. The molecule has 1 aliphatic rings. The van der Waals surface area contributed by atoms with Crippen LogP contribution < -0.4 is 5.73 Å². The summed E-state index contributed by atoms with van der Waals surface area (Å²) in [6.07, 6.45) is 3.16. The van der Waals surface area contributed by atoms with Gasteiger partial charge in [-0.1, -0.05) is 6.07 Å². The minimum absolute atomic E-state index is 0.0329. The summed E-state index contributed by atoms with van der Waals surface area (Å²) >= 11 is 0.